The molecule has 0 saturated heterocycles. The standard InChI is InChI=1S/C19H14F3N5OS.C4H8/c20-19(21,22)18-26-15(23)9-17(27-18)29-10-16-24-13-7-6-12(8-14(13)25-16)28-11-4-2-1-3-5-11;1-3-4-2/h1-9H,10H2,(H,24,25)(H2,23,26,27);3-4H,1-2H3/b;4-3-. The van der Waals surface area contributed by atoms with Crippen LogP contribution in [0, 0.1) is 0 Å². The molecule has 0 fully saturated rings. The van der Waals surface area contributed by atoms with Gasteiger partial charge in [0.1, 0.15) is 28.2 Å². The second-order valence-electron chi connectivity index (χ2n) is 6.69. The fourth-order valence-electron chi connectivity index (χ4n) is 2.58. The summed E-state index contributed by atoms with van der Waals surface area (Å²) in [6.45, 7) is 4.00. The summed E-state index contributed by atoms with van der Waals surface area (Å²) in [5.74, 6) is 0.744. The number of allylic oxidation sites excluding steroid dienone is 2. The van der Waals surface area contributed by atoms with Crippen LogP contribution >= 0.6 is 11.8 Å². The van der Waals surface area contributed by atoms with Gasteiger partial charge in [0.15, 0.2) is 0 Å². The molecule has 0 atom stereocenters. The van der Waals surface area contributed by atoms with E-state index in [9.17, 15) is 13.2 Å². The van der Waals surface area contributed by atoms with Crippen LogP contribution in [-0.2, 0) is 11.9 Å². The highest BCUT2D eigenvalue weighted by atomic mass is 32.2. The summed E-state index contributed by atoms with van der Waals surface area (Å²) < 4.78 is 44.3. The molecule has 0 bridgehead atoms. The fourth-order valence-corrected chi connectivity index (χ4v) is 3.36. The van der Waals surface area contributed by atoms with E-state index in [0.717, 1.165) is 22.8 Å². The van der Waals surface area contributed by atoms with E-state index in [1.165, 1.54) is 6.07 Å². The number of thioether (sulfide) groups is 1. The number of halogens is 3. The molecule has 0 amide bonds. The number of nitrogens with one attached hydrogen (secondary N) is 1. The SMILES string of the molecule is C/C=C\C.Nc1cc(SCc2nc3ccc(Oc4ccccc4)cc3[nH]2)nc(C(F)(F)F)n1. The fraction of sp³-hybridized carbons (Fsp3) is 0.174. The number of nitrogens with zero attached hydrogens (tertiary/aromatic N) is 3. The number of H-pyrrole nitrogens is 1. The van der Waals surface area contributed by atoms with Gasteiger partial charge in [0.2, 0.25) is 5.82 Å². The molecule has 172 valence electrons. The lowest BCUT2D eigenvalue weighted by Gasteiger charge is -2.07. The molecule has 0 saturated carbocycles. The zero-order valence-corrected chi connectivity index (χ0v) is 18.7. The minimum absolute atomic E-state index is 0.124. The van der Waals surface area contributed by atoms with Crippen LogP contribution in [0.15, 0.2) is 71.8 Å². The largest absolute Gasteiger partial charge is 0.457 e. The molecule has 4 aromatic rings. The summed E-state index contributed by atoms with van der Waals surface area (Å²) in [6.07, 6.45) is -0.654. The number of hydrogen-bond donors (Lipinski definition) is 2. The van der Waals surface area contributed by atoms with Crippen molar-refractivity contribution in [3.05, 3.63) is 78.4 Å². The Kier molecular flexibility index (Phi) is 7.94. The monoisotopic (exact) mass is 473 g/mol. The predicted molar refractivity (Wildman–Crippen MR) is 124 cm³/mol. The number of anilines is 1. The van der Waals surface area contributed by atoms with Crippen molar-refractivity contribution in [1.82, 2.24) is 19.9 Å². The molecule has 0 spiro atoms. The molecule has 0 aliphatic carbocycles. The van der Waals surface area contributed by atoms with Gasteiger partial charge in [-0.3, -0.25) is 0 Å². The first-order valence-electron chi connectivity index (χ1n) is 9.92. The Bertz CT molecular complexity index is 1220. The highest BCUT2D eigenvalue weighted by Gasteiger charge is 2.35. The summed E-state index contributed by atoms with van der Waals surface area (Å²) in [5, 5.41) is 0.124. The van der Waals surface area contributed by atoms with Crippen LogP contribution in [0.4, 0.5) is 19.0 Å². The van der Waals surface area contributed by atoms with E-state index in [-0.39, 0.29) is 16.6 Å². The smallest absolute Gasteiger partial charge is 0.451 e. The van der Waals surface area contributed by atoms with Crippen molar-refractivity contribution >= 4 is 28.6 Å². The Hall–Kier alpha value is -3.53. The maximum Gasteiger partial charge on any atom is 0.451 e. The molecule has 2 aromatic carbocycles. The molecule has 2 heterocycles. The van der Waals surface area contributed by atoms with Crippen molar-refractivity contribution in [2.45, 2.75) is 30.8 Å². The predicted octanol–water partition coefficient (Wildman–Crippen LogP) is 6.62. The third-order valence-electron chi connectivity index (χ3n) is 4.15. The van der Waals surface area contributed by atoms with Crippen molar-refractivity contribution < 1.29 is 17.9 Å². The summed E-state index contributed by atoms with van der Waals surface area (Å²) in [4.78, 5) is 14.3. The highest BCUT2D eigenvalue weighted by molar-refractivity contribution is 7.98. The number of ether oxygens (including phenoxy) is 1. The van der Waals surface area contributed by atoms with Gasteiger partial charge >= 0.3 is 6.18 Å². The second-order valence-corrected chi connectivity index (χ2v) is 7.68. The maximum absolute atomic E-state index is 12.8. The van der Waals surface area contributed by atoms with E-state index in [2.05, 4.69) is 19.9 Å². The van der Waals surface area contributed by atoms with E-state index < -0.39 is 12.0 Å². The van der Waals surface area contributed by atoms with Gasteiger partial charge in [0.05, 0.1) is 16.8 Å². The van der Waals surface area contributed by atoms with Crippen molar-refractivity contribution in [2.75, 3.05) is 5.73 Å². The van der Waals surface area contributed by atoms with Crippen LogP contribution in [0.3, 0.4) is 0 Å². The molecule has 0 aliphatic rings. The van der Waals surface area contributed by atoms with Gasteiger partial charge in [-0.15, -0.1) is 0 Å². The van der Waals surface area contributed by atoms with Crippen molar-refractivity contribution in [3.63, 3.8) is 0 Å². The normalized spacial score (nSPS) is 11.4. The Morgan fingerprint density at radius 3 is 2.36 bits per heavy atom. The molecule has 10 heteroatoms. The number of para-hydroxylation sites is 1. The van der Waals surface area contributed by atoms with Crippen LogP contribution in [0.1, 0.15) is 25.5 Å². The lowest BCUT2D eigenvalue weighted by molar-refractivity contribution is -0.145. The minimum atomic E-state index is -4.65. The summed E-state index contributed by atoms with van der Waals surface area (Å²) in [5.41, 5.74) is 6.94. The van der Waals surface area contributed by atoms with Gasteiger partial charge in [-0.05, 0) is 38.1 Å². The molecule has 4 rings (SSSR count). The maximum atomic E-state index is 12.8. The van der Waals surface area contributed by atoms with E-state index >= 15 is 0 Å². The van der Waals surface area contributed by atoms with E-state index in [1.54, 1.807) is 6.07 Å². The number of benzene rings is 2. The summed E-state index contributed by atoms with van der Waals surface area (Å²) in [6, 6.07) is 16.1. The number of nitrogens with two attached hydrogens (primary N) is 1. The lowest BCUT2D eigenvalue weighted by Crippen LogP contribution is -2.12. The molecule has 0 radical (unpaired) electrons. The van der Waals surface area contributed by atoms with Gasteiger partial charge in [0.25, 0.3) is 0 Å². The zero-order valence-electron chi connectivity index (χ0n) is 17.9. The van der Waals surface area contributed by atoms with Crippen LogP contribution in [-0.4, -0.2) is 19.9 Å². The lowest BCUT2D eigenvalue weighted by atomic mass is 10.3. The van der Waals surface area contributed by atoms with E-state index in [1.807, 2.05) is 68.5 Å². The third kappa shape index (κ3) is 6.98. The molecule has 0 unspecified atom stereocenters. The van der Waals surface area contributed by atoms with Gasteiger partial charge in [-0.25, -0.2) is 15.0 Å². The Balaban J connectivity index is 0.000000709. The zero-order chi connectivity index (χ0) is 23.8. The quantitative estimate of drug-likeness (QED) is 0.192. The summed E-state index contributed by atoms with van der Waals surface area (Å²) >= 11 is 1.08. The Morgan fingerprint density at radius 1 is 0.970 bits per heavy atom. The Labute approximate surface area is 193 Å². The van der Waals surface area contributed by atoms with E-state index in [0.29, 0.717) is 17.3 Å². The first-order chi connectivity index (χ1) is 15.8. The van der Waals surface area contributed by atoms with Crippen LogP contribution in [0.2, 0.25) is 0 Å². The van der Waals surface area contributed by atoms with Crippen LogP contribution in [0.25, 0.3) is 11.0 Å². The molecule has 33 heavy (non-hydrogen) atoms. The van der Waals surface area contributed by atoms with Gasteiger partial charge in [-0.2, -0.15) is 13.2 Å². The number of imidazole rings is 1. The Morgan fingerprint density at radius 2 is 1.70 bits per heavy atom. The topological polar surface area (TPSA) is 89.7 Å². The second kappa shape index (κ2) is 10.9. The first-order valence-corrected chi connectivity index (χ1v) is 10.9. The third-order valence-corrected chi connectivity index (χ3v) is 5.07. The highest BCUT2D eigenvalue weighted by Crippen LogP contribution is 2.30. The van der Waals surface area contributed by atoms with Crippen molar-refractivity contribution in [1.29, 1.82) is 0 Å². The molecule has 3 N–H and O–H groups in total. The van der Waals surface area contributed by atoms with Crippen molar-refractivity contribution in [2.24, 2.45) is 0 Å². The van der Waals surface area contributed by atoms with Crippen molar-refractivity contribution in [3.8, 4) is 11.5 Å². The van der Waals surface area contributed by atoms with E-state index in [4.69, 9.17) is 10.5 Å². The van der Waals surface area contributed by atoms with Crippen LogP contribution < -0.4 is 10.5 Å². The average molecular weight is 474 g/mol. The number of aromatic amines is 1. The van der Waals surface area contributed by atoms with Gasteiger partial charge in [0, 0.05) is 12.1 Å². The molecular weight excluding hydrogens is 451 g/mol. The number of nitrogen functional groups attached to an aromatic ring is 1. The number of rotatable bonds is 5. The van der Waals surface area contributed by atoms with Gasteiger partial charge in [-0.1, -0.05) is 42.1 Å². The molecule has 6 nitrogen and oxygen atoms in total. The molecular formula is C23H22F3N5OS. The molecule has 2 aromatic heterocycles. The number of aromatic nitrogens is 4. The summed E-state index contributed by atoms with van der Waals surface area (Å²) in [7, 11) is 0. The number of alkyl halides is 3. The number of hydrogen-bond acceptors (Lipinski definition) is 6. The van der Waals surface area contributed by atoms with Gasteiger partial charge < -0.3 is 15.5 Å². The minimum Gasteiger partial charge on any atom is -0.457 e. The molecule has 0 aliphatic heterocycles. The number of fused-ring (bicyclic) bond motifs is 1. The van der Waals surface area contributed by atoms with Crippen LogP contribution in [0.5, 0.6) is 11.5 Å². The average Bonchev–Trinajstić information content (AvgIpc) is 3.20. The first kappa shape index (κ1) is 24.1.